The number of nitrogens with zero attached hydrogens (tertiary/aromatic N) is 5. The lowest BCUT2D eigenvalue weighted by Gasteiger charge is -2.37. The number of aromatic nitrogens is 2. The van der Waals surface area contributed by atoms with Crippen molar-refractivity contribution in [3.8, 4) is 6.01 Å². The molecule has 3 atom stereocenters. The first-order valence-electron chi connectivity index (χ1n) is 17.9. The summed E-state index contributed by atoms with van der Waals surface area (Å²) in [6, 6.07) is 9.26. The molecule has 11 heteroatoms. The Hall–Kier alpha value is -3.21. The lowest BCUT2D eigenvalue weighted by Crippen LogP contribution is -2.36. The van der Waals surface area contributed by atoms with E-state index in [4.69, 9.17) is 26.3 Å². The largest absolute Gasteiger partial charge is 0.478 e. The highest BCUT2D eigenvalue weighted by molar-refractivity contribution is 6.35. The van der Waals surface area contributed by atoms with Crippen LogP contribution in [-0.4, -0.2) is 89.4 Å². The number of fused-ring (bicyclic) bond motifs is 2. The smallest absolute Gasteiger partial charge is 0.337 e. The van der Waals surface area contributed by atoms with Gasteiger partial charge in [0.05, 0.1) is 35.7 Å². The molecule has 6 rings (SSSR count). The van der Waals surface area contributed by atoms with E-state index in [9.17, 15) is 14.3 Å². The molecule has 49 heavy (non-hydrogen) atoms. The van der Waals surface area contributed by atoms with E-state index < -0.39 is 12.1 Å². The van der Waals surface area contributed by atoms with Crippen molar-refractivity contribution in [3.63, 3.8) is 0 Å². The number of nitrogens with one attached hydrogen (secondary N) is 1. The van der Waals surface area contributed by atoms with Crippen LogP contribution in [0.4, 0.5) is 10.2 Å². The minimum absolute atomic E-state index is 0.166. The summed E-state index contributed by atoms with van der Waals surface area (Å²) in [7, 11) is 3.76. The molecule has 3 fully saturated rings. The van der Waals surface area contributed by atoms with Crippen molar-refractivity contribution in [2.45, 2.75) is 103 Å². The van der Waals surface area contributed by atoms with Crippen LogP contribution < -0.4 is 15.0 Å². The lowest BCUT2D eigenvalue weighted by atomic mass is 9.89. The van der Waals surface area contributed by atoms with Crippen LogP contribution in [0.15, 0.2) is 46.1 Å². The van der Waals surface area contributed by atoms with Crippen molar-refractivity contribution < 1.29 is 19.0 Å². The molecular weight excluding hydrogens is 643 g/mol. The van der Waals surface area contributed by atoms with E-state index in [0.717, 1.165) is 67.8 Å². The van der Waals surface area contributed by atoms with Crippen molar-refractivity contribution >= 4 is 23.4 Å². The van der Waals surface area contributed by atoms with Gasteiger partial charge in [-0.15, -0.1) is 0 Å². The Kier molecular flexibility index (Phi) is 12.3. The van der Waals surface area contributed by atoms with E-state index in [1.54, 1.807) is 7.11 Å². The zero-order valence-corrected chi connectivity index (χ0v) is 30.9. The normalized spacial score (nSPS) is 25.7. The van der Waals surface area contributed by atoms with Crippen LogP contribution in [0.1, 0.15) is 94.6 Å². The van der Waals surface area contributed by atoms with Gasteiger partial charge in [-0.25, -0.2) is 9.18 Å². The zero-order chi connectivity index (χ0) is 35.3. The van der Waals surface area contributed by atoms with E-state index >= 15 is 0 Å². The molecule has 3 saturated heterocycles. The Bertz CT molecular complexity index is 1570. The minimum Gasteiger partial charge on any atom is -0.478 e. The van der Waals surface area contributed by atoms with Crippen LogP contribution in [0.2, 0.25) is 0 Å². The van der Waals surface area contributed by atoms with E-state index in [2.05, 4.69) is 65.2 Å². The Balaban J connectivity index is 0.000000396. The number of likely N-dealkylation sites (N-methyl/N-ethyl adjacent to an activating group) is 1. The highest BCUT2D eigenvalue weighted by Crippen LogP contribution is 2.40. The number of carboxylic acid groups (broad SMARTS) is 1. The summed E-state index contributed by atoms with van der Waals surface area (Å²) in [5.74, 6) is -0.190. The fourth-order valence-corrected chi connectivity index (χ4v) is 8.31. The third-order valence-corrected chi connectivity index (χ3v) is 11.1. The number of aryl methyl sites for hydroxylation is 1. The third kappa shape index (κ3) is 8.24. The molecule has 1 aromatic heterocycles. The Morgan fingerprint density at radius 3 is 2.65 bits per heavy atom. The maximum atomic E-state index is 12.8. The van der Waals surface area contributed by atoms with Crippen molar-refractivity contribution in [1.29, 1.82) is 0 Å². The van der Waals surface area contributed by atoms with Crippen LogP contribution >= 0.6 is 11.6 Å². The third-order valence-electron chi connectivity index (χ3n) is 10.7. The first-order chi connectivity index (χ1) is 23.5. The van der Waals surface area contributed by atoms with Gasteiger partial charge < -0.3 is 20.1 Å². The minimum atomic E-state index is -1.01. The lowest BCUT2D eigenvalue weighted by molar-refractivity contribution is -0.132. The first kappa shape index (κ1) is 37.1. The predicted octanol–water partition coefficient (Wildman–Crippen LogP) is 6.81. The van der Waals surface area contributed by atoms with Crippen LogP contribution in [0, 0.1) is 0 Å². The Morgan fingerprint density at radius 2 is 1.96 bits per heavy atom. The van der Waals surface area contributed by atoms with Gasteiger partial charge >= 0.3 is 12.0 Å². The molecule has 268 valence electrons. The fourth-order valence-electron chi connectivity index (χ4n) is 7.94. The number of benzene rings is 1. The number of aliphatic carboxylic acids is 1. The molecule has 0 radical (unpaired) electrons. The second-order valence-electron chi connectivity index (χ2n) is 14.2. The molecule has 0 amide bonds. The number of alkyl halides is 1. The average Bonchev–Trinajstić information content (AvgIpc) is 3.44. The maximum absolute atomic E-state index is 12.8. The number of halogens is 2. The highest BCUT2D eigenvalue weighted by Gasteiger charge is 2.44. The summed E-state index contributed by atoms with van der Waals surface area (Å²) in [4.78, 5) is 28.6. The molecule has 2 aromatic rings. The monoisotopic (exact) mass is 696 g/mol. The number of carboxylic acids is 1. The molecule has 4 aliphatic heterocycles. The maximum Gasteiger partial charge on any atom is 0.337 e. The molecule has 0 saturated carbocycles. The Morgan fingerprint density at radius 1 is 1.18 bits per heavy atom. The molecule has 0 bridgehead atoms. The summed E-state index contributed by atoms with van der Waals surface area (Å²) in [6.45, 7) is 12.5. The summed E-state index contributed by atoms with van der Waals surface area (Å²) >= 11 is 6.76. The van der Waals surface area contributed by atoms with Gasteiger partial charge in [0.1, 0.15) is 12.0 Å². The fraction of sp³-hybridized carbons (Fsp3) is 0.605. The number of anilines is 1. The van der Waals surface area contributed by atoms with Gasteiger partial charge in [-0.3, -0.25) is 9.80 Å². The van der Waals surface area contributed by atoms with Crippen molar-refractivity contribution in [1.82, 2.24) is 25.1 Å². The number of hydrogen-bond acceptors (Lipinski definition) is 8. The molecule has 5 heterocycles. The standard InChI is InChI=1S/C30H40ClN5O3.C8H14FN/c1-6-11-20-12-8-9-13-21(20)25-16-23-22(17-35(25)4)28(34-30(33-23)39-5)36-15-10-14-32-24(18-36)27(31)26(29(37)38)19(3)7-2;1-8-3-2-4-10(8)6-7(9)5-8/h8-9,12-13,25,32H,6-7,10-11,14-18H2,1-5H3,(H,37,38);7H,2-6H2,1H3/b26-19-,27-24+;. The highest BCUT2D eigenvalue weighted by atomic mass is 35.5. The first-order valence-corrected chi connectivity index (χ1v) is 18.3. The van der Waals surface area contributed by atoms with Crippen LogP contribution in [0.3, 0.4) is 0 Å². The van der Waals surface area contributed by atoms with E-state index in [0.29, 0.717) is 44.3 Å². The summed E-state index contributed by atoms with van der Waals surface area (Å²) < 4.78 is 18.4. The molecule has 4 aliphatic rings. The molecular formula is C38H54ClFN6O3. The van der Waals surface area contributed by atoms with Gasteiger partial charge in [-0.1, -0.05) is 61.7 Å². The van der Waals surface area contributed by atoms with Gasteiger partial charge in [0, 0.05) is 49.7 Å². The number of carbonyl (C=O) groups is 1. The van der Waals surface area contributed by atoms with E-state index in [-0.39, 0.29) is 22.2 Å². The van der Waals surface area contributed by atoms with Gasteiger partial charge in [0.2, 0.25) is 0 Å². The molecule has 9 nitrogen and oxygen atoms in total. The van der Waals surface area contributed by atoms with Crippen LogP contribution in [0.25, 0.3) is 0 Å². The summed E-state index contributed by atoms with van der Waals surface area (Å²) in [6.07, 6.45) is 7.07. The van der Waals surface area contributed by atoms with Gasteiger partial charge in [-0.2, -0.15) is 9.97 Å². The zero-order valence-electron chi connectivity index (χ0n) is 30.1. The van der Waals surface area contributed by atoms with Crippen LogP contribution in [0.5, 0.6) is 6.01 Å². The van der Waals surface area contributed by atoms with Gasteiger partial charge in [0.25, 0.3) is 0 Å². The SMILES string of the molecule is CC12CCCN1CC(F)C2.CCCc1ccccc1C1Cc2nc(OC)nc(N3CCCN/C(=C(Cl)\C(C(=O)O)=C(/C)CC)C3)c2CN1C. The van der Waals surface area contributed by atoms with Gasteiger partial charge in [0.15, 0.2) is 0 Å². The molecule has 3 unspecified atom stereocenters. The number of ether oxygens (including phenoxy) is 1. The van der Waals surface area contributed by atoms with E-state index in [1.807, 2.05) is 13.8 Å². The Labute approximate surface area is 296 Å². The van der Waals surface area contributed by atoms with Crippen molar-refractivity contribution in [2.24, 2.45) is 0 Å². The number of methoxy groups -OCH3 is 1. The van der Waals surface area contributed by atoms with Crippen molar-refractivity contribution in [2.75, 3.05) is 51.8 Å². The van der Waals surface area contributed by atoms with E-state index in [1.165, 1.54) is 24.0 Å². The molecule has 1 aromatic carbocycles. The average molecular weight is 697 g/mol. The van der Waals surface area contributed by atoms with Crippen LogP contribution in [-0.2, 0) is 24.2 Å². The van der Waals surface area contributed by atoms with Crippen molar-refractivity contribution in [3.05, 3.63) is 68.5 Å². The number of hydrogen-bond donors (Lipinski definition) is 2. The second-order valence-corrected chi connectivity index (χ2v) is 14.6. The molecule has 2 N–H and O–H groups in total. The second kappa shape index (κ2) is 16.2. The predicted molar refractivity (Wildman–Crippen MR) is 194 cm³/mol. The number of rotatable bonds is 8. The topological polar surface area (TPSA) is 94.1 Å². The molecule has 0 aliphatic carbocycles. The molecule has 0 spiro atoms. The summed E-state index contributed by atoms with van der Waals surface area (Å²) in [5.41, 5.74) is 6.65. The van der Waals surface area contributed by atoms with Gasteiger partial charge in [-0.05, 0) is 77.1 Å². The summed E-state index contributed by atoms with van der Waals surface area (Å²) in [5, 5.41) is 13.5. The number of allylic oxidation sites excluding steroid dienone is 1. The quantitative estimate of drug-likeness (QED) is 0.289.